The highest BCUT2D eigenvalue weighted by Crippen LogP contribution is 2.24. The normalized spacial score (nSPS) is 17.0. The molecule has 21 heavy (non-hydrogen) atoms. The van der Waals surface area contributed by atoms with Crippen LogP contribution in [0.15, 0.2) is 24.3 Å². The maximum Gasteiger partial charge on any atom is 0.329 e. The molecular weight excluding hydrogens is 279 g/mol. The van der Waals surface area contributed by atoms with Gasteiger partial charge in [-0.25, -0.2) is 9.18 Å². The number of nitrogens with zero attached hydrogens (tertiary/aromatic N) is 1. The van der Waals surface area contributed by atoms with Gasteiger partial charge in [-0.1, -0.05) is 12.1 Å². The Balaban J connectivity index is 1.76. The molecule has 0 radical (unpaired) electrons. The summed E-state index contributed by atoms with van der Waals surface area (Å²) in [6.45, 7) is 2.48. The number of halogens is 1. The van der Waals surface area contributed by atoms with Gasteiger partial charge in [0.2, 0.25) is 5.91 Å². The number of carbonyl (C=O) groups is 2. The van der Waals surface area contributed by atoms with Gasteiger partial charge >= 0.3 is 5.97 Å². The lowest BCUT2D eigenvalue weighted by Crippen LogP contribution is -2.63. The second-order valence-electron chi connectivity index (χ2n) is 5.31. The van der Waals surface area contributed by atoms with Crippen LogP contribution in [0.5, 0.6) is 0 Å². The molecule has 2 N–H and O–H groups in total. The van der Waals surface area contributed by atoms with E-state index < -0.39 is 17.4 Å². The van der Waals surface area contributed by atoms with Crippen LogP contribution in [0.1, 0.15) is 6.92 Å². The third kappa shape index (κ3) is 4.24. The second kappa shape index (κ2) is 6.19. The first-order valence-electron chi connectivity index (χ1n) is 6.50. The predicted octanol–water partition coefficient (Wildman–Crippen LogP) is 0.940. The third-order valence-corrected chi connectivity index (χ3v) is 3.18. The molecule has 0 bridgehead atoms. The van der Waals surface area contributed by atoms with Crippen molar-refractivity contribution in [2.75, 3.05) is 31.6 Å². The molecule has 0 atom stereocenters. The lowest BCUT2D eigenvalue weighted by molar-refractivity contribution is -0.165. The molecule has 114 valence electrons. The molecule has 1 saturated heterocycles. The van der Waals surface area contributed by atoms with E-state index in [2.05, 4.69) is 5.32 Å². The van der Waals surface area contributed by atoms with E-state index in [4.69, 9.17) is 9.84 Å². The average molecular weight is 296 g/mol. The highest BCUT2D eigenvalue weighted by molar-refractivity contribution is 5.92. The monoisotopic (exact) mass is 296 g/mol. The molecule has 0 aromatic heterocycles. The summed E-state index contributed by atoms with van der Waals surface area (Å²) in [5, 5.41) is 11.1. The fraction of sp³-hybridized carbons (Fsp3) is 0.429. The van der Waals surface area contributed by atoms with E-state index in [0.717, 1.165) is 0 Å². The standard InChI is InChI=1S/C14H17FN2O4/c1-14(21-7-13(19)20)8-17(9-14)6-12(18)16-11-5-3-2-4-10(11)15/h2-5H,6-9H2,1H3,(H,16,18)(H,19,20). The minimum absolute atomic E-state index is 0.111. The summed E-state index contributed by atoms with van der Waals surface area (Å²) in [6.07, 6.45) is 0. The maximum absolute atomic E-state index is 13.4. The van der Waals surface area contributed by atoms with Crippen LogP contribution in [-0.2, 0) is 14.3 Å². The van der Waals surface area contributed by atoms with E-state index in [9.17, 15) is 14.0 Å². The molecule has 0 unspecified atom stereocenters. The number of carboxylic acids is 1. The zero-order valence-corrected chi connectivity index (χ0v) is 11.6. The number of rotatable bonds is 6. The summed E-state index contributed by atoms with van der Waals surface area (Å²) in [5.74, 6) is -1.82. The average Bonchev–Trinajstić information content (AvgIpc) is 2.37. The Hall–Kier alpha value is -1.99. The van der Waals surface area contributed by atoms with Gasteiger partial charge in [-0.3, -0.25) is 9.69 Å². The van der Waals surface area contributed by atoms with Crippen molar-refractivity contribution in [3.63, 3.8) is 0 Å². The van der Waals surface area contributed by atoms with Gasteiger partial charge in [-0.05, 0) is 19.1 Å². The second-order valence-corrected chi connectivity index (χ2v) is 5.31. The molecule has 0 saturated carbocycles. The number of nitrogens with one attached hydrogen (secondary N) is 1. The Bertz CT molecular complexity index is 544. The maximum atomic E-state index is 13.4. The number of ether oxygens (including phenoxy) is 1. The van der Waals surface area contributed by atoms with Crippen molar-refractivity contribution in [2.45, 2.75) is 12.5 Å². The van der Waals surface area contributed by atoms with Gasteiger partial charge in [0.15, 0.2) is 0 Å². The summed E-state index contributed by atoms with van der Waals surface area (Å²) in [5.41, 5.74) is -0.399. The number of carboxylic acid groups (broad SMARTS) is 1. The zero-order chi connectivity index (χ0) is 15.5. The summed E-state index contributed by atoms with van der Waals surface area (Å²) >= 11 is 0. The van der Waals surface area contributed by atoms with E-state index in [1.165, 1.54) is 12.1 Å². The van der Waals surface area contributed by atoms with E-state index in [1.807, 2.05) is 0 Å². The Kier molecular flexibility index (Phi) is 4.54. The first-order chi connectivity index (χ1) is 9.88. The summed E-state index contributed by atoms with van der Waals surface area (Å²) in [7, 11) is 0. The Morgan fingerprint density at radius 3 is 2.71 bits per heavy atom. The molecule has 1 amide bonds. The van der Waals surface area contributed by atoms with Gasteiger partial charge in [0.05, 0.1) is 17.8 Å². The largest absolute Gasteiger partial charge is 0.480 e. The molecule has 1 aromatic carbocycles. The molecule has 2 rings (SSSR count). The number of amides is 1. The highest BCUT2D eigenvalue weighted by Gasteiger charge is 2.40. The van der Waals surface area contributed by atoms with Gasteiger partial charge in [-0.15, -0.1) is 0 Å². The van der Waals surface area contributed by atoms with Crippen molar-refractivity contribution in [3.8, 4) is 0 Å². The smallest absolute Gasteiger partial charge is 0.329 e. The van der Waals surface area contributed by atoms with Crippen LogP contribution in [0.4, 0.5) is 10.1 Å². The number of likely N-dealkylation sites (tertiary alicyclic amines) is 1. The molecule has 0 aliphatic carbocycles. The molecule has 1 aliphatic rings. The number of hydrogen-bond acceptors (Lipinski definition) is 4. The molecule has 7 heteroatoms. The van der Waals surface area contributed by atoms with Crippen molar-refractivity contribution in [1.29, 1.82) is 0 Å². The van der Waals surface area contributed by atoms with Crippen LogP contribution in [0.3, 0.4) is 0 Å². The number of benzene rings is 1. The molecule has 1 aliphatic heterocycles. The van der Waals surface area contributed by atoms with E-state index in [-0.39, 0.29) is 24.7 Å². The summed E-state index contributed by atoms with van der Waals surface area (Å²) < 4.78 is 18.6. The number of hydrogen-bond donors (Lipinski definition) is 2. The van der Waals surface area contributed by atoms with Crippen molar-refractivity contribution < 1.29 is 23.8 Å². The molecule has 1 heterocycles. The topological polar surface area (TPSA) is 78.9 Å². The van der Waals surface area contributed by atoms with Crippen LogP contribution >= 0.6 is 0 Å². The number of para-hydroxylation sites is 1. The predicted molar refractivity (Wildman–Crippen MR) is 73.5 cm³/mol. The summed E-state index contributed by atoms with van der Waals surface area (Å²) in [6, 6.07) is 5.95. The number of carbonyl (C=O) groups excluding carboxylic acids is 1. The molecule has 6 nitrogen and oxygen atoms in total. The Morgan fingerprint density at radius 1 is 1.43 bits per heavy atom. The molecule has 1 aromatic rings. The lowest BCUT2D eigenvalue weighted by Gasteiger charge is -2.46. The number of anilines is 1. The van der Waals surface area contributed by atoms with Crippen molar-refractivity contribution in [2.24, 2.45) is 0 Å². The van der Waals surface area contributed by atoms with Crippen LogP contribution < -0.4 is 5.32 Å². The lowest BCUT2D eigenvalue weighted by atomic mass is 9.96. The zero-order valence-electron chi connectivity index (χ0n) is 11.6. The van der Waals surface area contributed by atoms with Gasteiger partial charge in [-0.2, -0.15) is 0 Å². The minimum atomic E-state index is -1.02. The minimum Gasteiger partial charge on any atom is -0.480 e. The quantitative estimate of drug-likeness (QED) is 0.817. The van der Waals surface area contributed by atoms with E-state index in [1.54, 1.807) is 24.0 Å². The Labute approximate surface area is 121 Å². The SMILES string of the molecule is CC1(OCC(=O)O)CN(CC(=O)Nc2ccccc2F)C1. The summed E-state index contributed by atoms with van der Waals surface area (Å²) in [4.78, 5) is 24.0. The highest BCUT2D eigenvalue weighted by atomic mass is 19.1. The van der Waals surface area contributed by atoms with Crippen molar-refractivity contribution in [1.82, 2.24) is 4.90 Å². The first-order valence-corrected chi connectivity index (χ1v) is 6.50. The van der Waals surface area contributed by atoms with Crippen LogP contribution in [0, 0.1) is 5.82 Å². The van der Waals surface area contributed by atoms with Crippen molar-refractivity contribution in [3.05, 3.63) is 30.1 Å². The van der Waals surface area contributed by atoms with Crippen LogP contribution in [0.2, 0.25) is 0 Å². The first kappa shape index (κ1) is 15.4. The van der Waals surface area contributed by atoms with Gasteiger partial charge < -0.3 is 15.2 Å². The third-order valence-electron chi connectivity index (χ3n) is 3.18. The number of aliphatic carboxylic acids is 1. The van der Waals surface area contributed by atoms with Crippen molar-refractivity contribution >= 4 is 17.6 Å². The van der Waals surface area contributed by atoms with Gasteiger partial charge in [0.25, 0.3) is 0 Å². The molecule has 1 fully saturated rings. The molecule has 0 spiro atoms. The fourth-order valence-electron chi connectivity index (χ4n) is 2.29. The molecular formula is C14H17FN2O4. The van der Waals surface area contributed by atoms with Gasteiger partial charge in [0.1, 0.15) is 12.4 Å². The van der Waals surface area contributed by atoms with E-state index >= 15 is 0 Å². The fourth-order valence-corrected chi connectivity index (χ4v) is 2.29. The van der Waals surface area contributed by atoms with Crippen LogP contribution in [0.25, 0.3) is 0 Å². The van der Waals surface area contributed by atoms with Gasteiger partial charge in [0, 0.05) is 13.1 Å². The van der Waals surface area contributed by atoms with E-state index in [0.29, 0.717) is 13.1 Å². The van der Waals surface area contributed by atoms with Crippen LogP contribution in [-0.4, -0.2) is 53.7 Å². The Morgan fingerprint density at radius 2 is 2.10 bits per heavy atom.